The molecule has 1 aromatic heterocycles. The van der Waals surface area contributed by atoms with Crippen molar-refractivity contribution < 1.29 is 5.11 Å². The van der Waals surface area contributed by atoms with E-state index in [4.69, 9.17) is 0 Å². The molecule has 0 spiro atoms. The van der Waals surface area contributed by atoms with E-state index in [9.17, 15) is 5.11 Å². The van der Waals surface area contributed by atoms with Gasteiger partial charge in [0.15, 0.2) is 0 Å². The normalized spacial score (nSPS) is 13.6. The Morgan fingerprint density at radius 3 is 2.78 bits per heavy atom. The van der Waals surface area contributed by atoms with E-state index in [1.807, 2.05) is 31.2 Å². The molecule has 0 saturated carbocycles. The van der Waals surface area contributed by atoms with Crippen LogP contribution in [0.3, 0.4) is 0 Å². The summed E-state index contributed by atoms with van der Waals surface area (Å²) in [7, 11) is 0. The Morgan fingerprint density at radius 2 is 2.11 bits per heavy atom. The average Bonchev–Trinajstić information content (AvgIpc) is 2.27. The Kier molecular flexibility index (Phi) is 3.59. The van der Waals surface area contributed by atoms with Crippen molar-refractivity contribution in [3.63, 3.8) is 0 Å². The van der Waals surface area contributed by atoms with Gasteiger partial charge in [-0.3, -0.25) is 4.98 Å². The molecule has 1 heterocycles. The molecule has 0 amide bonds. The number of hydrogen-bond acceptors (Lipinski definition) is 3. The summed E-state index contributed by atoms with van der Waals surface area (Å²) in [5.41, 5.74) is 1.07. The van der Waals surface area contributed by atoms with Gasteiger partial charge in [0.05, 0.1) is 22.8 Å². The quantitative estimate of drug-likeness (QED) is 0.911. The molecule has 0 aliphatic heterocycles. The molecule has 2 N–H and O–H groups in total. The lowest BCUT2D eigenvalue weighted by molar-refractivity contribution is 0.0649. The molecule has 0 aliphatic carbocycles. The van der Waals surface area contributed by atoms with E-state index in [0.29, 0.717) is 0 Å². The molecule has 2 rings (SSSR count). The van der Waals surface area contributed by atoms with Crippen LogP contribution in [0.5, 0.6) is 0 Å². The van der Waals surface area contributed by atoms with Crippen LogP contribution in [-0.4, -0.2) is 21.7 Å². The Bertz CT molecular complexity index is 563. The monoisotopic (exact) mass is 308 g/mol. The van der Waals surface area contributed by atoms with E-state index in [-0.39, 0.29) is 6.04 Å². The molecule has 3 nitrogen and oxygen atoms in total. The van der Waals surface area contributed by atoms with Gasteiger partial charge in [0.1, 0.15) is 0 Å². The largest absolute Gasteiger partial charge is 0.388 e. The highest BCUT2D eigenvalue weighted by Gasteiger charge is 2.22. The fourth-order valence-electron chi connectivity index (χ4n) is 1.66. The standard InChI is InChI=1S/C14H17BrN2O/c1-9(14(2,3)18)17-12-6-4-5-10-7-11(15)8-16-13(10)12/h4-9,17-18H,1-3H3. The van der Waals surface area contributed by atoms with Crippen LogP contribution in [0.4, 0.5) is 5.69 Å². The number of benzene rings is 1. The Morgan fingerprint density at radius 1 is 1.39 bits per heavy atom. The van der Waals surface area contributed by atoms with Gasteiger partial charge in [0.25, 0.3) is 0 Å². The van der Waals surface area contributed by atoms with Crippen molar-refractivity contribution in [1.82, 2.24) is 4.98 Å². The molecule has 2 aromatic rings. The molecule has 1 aromatic carbocycles. The Balaban J connectivity index is 2.40. The molecule has 0 saturated heterocycles. The maximum Gasteiger partial charge on any atom is 0.0934 e. The zero-order valence-corrected chi connectivity index (χ0v) is 12.3. The first-order chi connectivity index (χ1) is 8.38. The highest BCUT2D eigenvalue weighted by atomic mass is 79.9. The molecule has 0 fully saturated rings. The van der Waals surface area contributed by atoms with Crippen molar-refractivity contribution in [2.24, 2.45) is 0 Å². The van der Waals surface area contributed by atoms with Crippen LogP contribution in [0, 0.1) is 0 Å². The highest BCUT2D eigenvalue weighted by Crippen LogP contribution is 2.25. The van der Waals surface area contributed by atoms with Gasteiger partial charge >= 0.3 is 0 Å². The molecule has 0 bridgehead atoms. The van der Waals surface area contributed by atoms with Crippen molar-refractivity contribution in [3.05, 3.63) is 34.9 Å². The predicted molar refractivity (Wildman–Crippen MR) is 78.8 cm³/mol. The average molecular weight is 309 g/mol. The van der Waals surface area contributed by atoms with Crippen LogP contribution in [-0.2, 0) is 0 Å². The summed E-state index contributed by atoms with van der Waals surface area (Å²) in [4.78, 5) is 4.42. The minimum Gasteiger partial charge on any atom is -0.388 e. The number of para-hydroxylation sites is 1. The molecule has 18 heavy (non-hydrogen) atoms. The van der Waals surface area contributed by atoms with Crippen molar-refractivity contribution in [1.29, 1.82) is 0 Å². The van der Waals surface area contributed by atoms with Gasteiger partial charge in [-0.15, -0.1) is 0 Å². The van der Waals surface area contributed by atoms with Crippen LogP contribution in [0.25, 0.3) is 10.9 Å². The summed E-state index contributed by atoms with van der Waals surface area (Å²) >= 11 is 3.42. The van der Waals surface area contributed by atoms with E-state index in [1.165, 1.54) is 0 Å². The van der Waals surface area contributed by atoms with Gasteiger partial charge < -0.3 is 10.4 Å². The lowest BCUT2D eigenvalue weighted by atomic mass is 10.0. The second-order valence-electron chi connectivity index (χ2n) is 5.05. The first-order valence-corrected chi connectivity index (χ1v) is 6.70. The second kappa shape index (κ2) is 4.86. The minimum absolute atomic E-state index is 0.0615. The van der Waals surface area contributed by atoms with Gasteiger partial charge in [0.2, 0.25) is 0 Å². The summed E-state index contributed by atoms with van der Waals surface area (Å²) < 4.78 is 0.961. The molecular formula is C14H17BrN2O. The first-order valence-electron chi connectivity index (χ1n) is 5.91. The Hall–Kier alpha value is -1.13. The van der Waals surface area contributed by atoms with Gasteiger partial charge in [-0.25, -0.2) is 0 Å². The third kappa shape index (κ3) is 2.82. The zero-order valence-electron chi connectivity index (χ0n) is 10.7. The van der Waals surface area contributed by atoms with Crippen LogP contribution in [0.1, 0.15) is 20.8 Å². The third-order valence-electron chi connectivity index (χ3n) is 3.11. The molecule has 1 unspecified atom stereocenters. The molecule has 4 heteroatoms. The topological polar surface area (TPSA) is 45.2 Å². The van der Waals surface area contributed by atoms with E-state index in [2.05, 4.69) is 26.2 Å². The number of rotatable bonds is 3. The number of hydrogen-bond donors (Lipinski definition) is 2. The number of nitrogens with zero attached hydrogens (tertiary/aromatic N) is 1. The number of anilines is 1. The zero-order chi connectivity index (χ0) is 13.3. The van der Waals surface area contributed by atoms with Gasteiger partial charge in [0, 0.05) is 16.1 Å². The minimum atomic E-state index is -0.780. The van der Waals surface area contributed by atoms with Gasteiger partial charge in [-0.05, 0) is 48.8 Å². The smallest absolute Gasteiger partial charge is 0.0934 e. The lowest BCUT2D eigenvalue weighted by Gasteiger charge is -2.28. The number of halogens is 1. The third-order valence-corrected chi connectivity index (χ3v) is 3.54. The predicted octanol–water partition coefficient (Wildman–Crippen LogP) is 3.57. The molecule has 0 aliphatic rings. The molecule has 1 atom stereocenters. The number of fused-ring (bicyclic) bond motifs is 1. The summed E-state index contributed by atoms with van der Waals surface area (Å²) in [5, 5.41) is 14.4. The molecule has 0 radical (unpaired) electrons. The first kappa shape index (κ1) is 13.3. The fourth-order valence-corrected chi connectivity index (χ4v) is 2.01. The molecular weight excluding hydrogens is 292 g/mol. The van der Waals surface area contributed by atoms with Crippen molar-refractivity contribution in [3.8, 4) is 0 Å². The number of pyridine rings is 1. The maximum atomic E-state index is 9.97. The maximum absolute atomic E-state index is 9.97. The summed E-state index contributed by atoms with van der Waals surface area (Å²) in [5.74, 6) is 0. The van der Waals surface area contributed by atoms with Crippen molar-refractivity contribution in [2.75, 3.05) is 5.32 Å². The van der Waals surface area contributed by atoms with Crippen LogP contribution in [0.15, 0.2) is 34.9 Å². The lowest BCUT2D eigenvalue weighted by Crippen LogP contribution is -2.39. The van der Waals surface area contributed by atoms with E-state index >= 15 is 0 Å². The fraction of sp³-hybridized carbons (Fsp3) is 0.357. The number of aliphatic hydroxyl groups is 1. The van der Waals surface area contributed by atoms with Crippen LogP contribution in [0.2, 0.25) is 0 Å². The second-order valence-corrected chi connectivity index (χ2v) is 5.97. The number of aromatic nitrogens is 1. The highest BCUT2D eigenvalue weighted by molar-refractivity contribution is 9.10. The van der Waals surface area contributed by atoms with E-state index in [1.54, 1.807) is 20.0 Å². The van der Waals surface area contributed by atoms with Crippen molar-refractivity contribution >= 4 is 32.5 Å². The Labute approximate surface area is 115 Å². The van der Waals surface area contributed by atoms with Crippen molar-refractivity contribution in [2.45, 2.75) is 32.4 Å². The molecule has 96 valence electrons. The SMILES string of the molecule is CC(Nc1cccc2cc(Br)cnc12)C(C)(C)O. The van der Waals surface area contributed by atoms with E-state index < -0.39 is 5.60 Å². The van der Waals surface area contributed by atoms with E-state index in [0.717, 1.165) is 21.1 Å². The van der Waals surface area contributed by atoms with Gasteiger partial charge in [-0.2, -0.15) is 0 Å². The summed E-state index contributed by atoms with van der Waals surface area (Å²) in [6.07, 6.45) is 1.78. The summed E-state index contributed by atoms with van der Waals surface area (Å²) in [6, 6.07) is 7.95. The number of nitrogens with one attached hydrogen (secondary N) is 1. The van der Waals surface area contributed by atoms with Crippen LogP contribution >= 0.6 is 15.9 Å². The van der Waals surface area contributed by atoms with Crippen LogP contribution < -0.4 is 5.32 Å². The summed E-state index contributed by atoms with van der Waals surface area (Å²) in [6.45, 7) is 5.54. The van der Waals surface area contributed by atoms with Gasteiger partial charge in [-0.1, -0.05) is 12.1 Å².